The molecule has 1 atom stereocenters. The molecule has 0 saturated carbocycles. The van der Waals surface area contributed by atoms with Crippen molar-refractivity contribution in [3.05, 3.63) is 76.8 Å². The predicted molar refractivity (Wildman–Crippen MR) is 111 cm³/mol. The number of hydrogen-bond donors (Lipinski definition) is 1. The van der Waals surface area contributed by atoms with Crippen LogP contribution in [0, 0.1) is 0 Å². The number of thioether (sulfide) groups is 1. The molecule has 0 aliphatic carbocycles. The van der Waals surface area contributed by atoms with Gasteiger partial charge in [-0.05, 0) is 35.9 Å². The number of Topliss-reactive ketones (excluding diaryl/α,β-unsaturated/α-hetero) is 1. The number of rotatable bonds is 6. The van der Waals surface area contributed by atoms with Crippen molar-refractivity contribution in [2.24, 2.45) is 10.2 Å². The molecule has 1 aliphatic heterocycles. The van der Waals surface area contributed by atoms with Crippen LogP contribution >= 0.6 is 23.4 Å². The van der Waals surface area contributed by atoms with Gasteiger partial charge in [0.25, 0.3) is 0 Å². The van der Waals surface area contributed by atoms with E-state index in [1.807, 2.05) is 36.4 Å². The zero-order valence-electron chi connectivity index (χ0n) is 14.2. The van der Waals surface area contributed by atoms with Crippen molar-refractivity contribution in [1.82, 2.24) is 5.32 Å². The summed E-state index contributed by atoms with van der Waals surface area (Å²) >= 11 is 7.03. The van der Waals surface area contributed by atoms with Crippen molar-refractivity contribution in [2.75, 3.05) is 0 Å². The topological polar surface area (TPSA) is 70.9 Å². The van der Waals surface area contributed by atoms with Crippen LogP contribution in [0.5, 0.6) is 0 Å². The molecule has 0 aromatic heterocycles. The maximum Gasteiger partial charge on any atom is 0.240 e. The summed E-state index contributed by atoms with van der Waals surface area (Å²) < 4.78 is 0. The van der Waals surface area contributed by atoms with E-state index in [0.717, 1.165) is 5.56 Å². The lowest BCUT2D eigenvalue weighted by molar-refractivity contribution is -0.118. The molecule has 2 aromatic carbocycles. The molecule has 3 rings (SSSR count). The van der Waals surface area contributed by atoms with E-state index in [-0.39, 0.29) is 18.1 Å². The molecule has 0 bridgehead atoms. The normalized spacial score (nSPS) is 18.5. The number of carbonyl (C=O) groups excluding carboxylic acids is 2. The Bertz CT molecular complexity index is 909. The zero-order chi connectivity index (χ0) is 19.1. The smallest absolute Gasteiger partial charge is 0.240 e. The maximum atomic E-state index is 12.3. The third kappa shape index (κ3) is 5.64. The molecular formula is C20H16ClN3O2S. The van der Waals surface area contributed by atoms with Gasteiger partial charge >= 0.3 is 0 Å². The molecule has 0 unspecified atom stereocenters. The largest absolute Gasteiger partial charge is 0.303 e. The molecule has 7 heteroatoms. The van der Waals surface area contributed by atoms with Crippen LogP contribution in [0.2, 0.25) is 5.02 Å². The first-order valence-corrected chi connectivity index (χ1v) is 9.46. The van der Waals surface area contributed by atoms with Crippen LogP contribution in [0.15, 0.2) is 70.9 Å². The molecule has 0 radical (unpaired) electrons. The van der Waals surface area contributed by atoms with E-state index < -0.39 is 5.25 Å². The van der Waals surface area contributed by atoms with Crippen molar-refractivity contribution in [3.63, 3.8) is 0 Å². The molecule has 27 heavy (non-hydrogen) atoms. The molecule has 0 spiro atoms. The monoisotopic (exact) mass is 397 g/mol. The molecule has 5 nitrogen and oxygen atoms in total. The molecule has 1 N–H and O–H groups in total. The van der Waals surface area contributed by atoms with E-state index in [9.17, 15) is 9.59 Å². The van der Waals surface area contributed by atoms with Gasteiger partial charge in [-0.15, -0.1) is 5.10 Å². The second kappa shape index (κ2) is 9.30. The SMILES string of the molecule is O=C(C[C@H]1S/C(=N/N=C\C=C\c2ccccc2)NC1=O)c1ccc(Cl)cc1. The Morgan fingerprint density at radius 1 is 1.15 bits per heavy atom. The fourth-order valence-corrected chi connectivity index (χ4v) is 3.40. The minimum absolute atomic E-state index is 0.0920. The van der Waals surface area contributed by atoms with Gasteiger partial charge in [0, 0.05) is 23.2 Å². The summed E-state index contributed by atoms with van der Waals surface area (Å²) in [6.07, 6.45) is 5.30. The van der Waals surface area contributed by atoms with Crippen LogP contribution in [-0.4, -0.2) is 28.3 Å². The molecule has 1 heterocycles. The van der Waals surface area contributed by atoms with E-state index in [1.165, 1.54) is 11.8 Å². The molecule has 1 saturated heterocycles. The van der Waals surface area contributed by atoms with Gasteiger partial charge in [-0.1, -0.05) is 59.8 Å². The Morgan fingerprint density at radius 3 is 2.63 bits per heavy atom. The number of nitrogens with one attached hydrogen (secondary N) is 1. The van der Waals surface area contributed by atoms with Gasteiger partial charge in [-0.3, -0.25) is 9.59 Å². The molecule has 2 aromatic rings. The van der Waals surface area contributed by atoms with Crippen LogP contribution < -0.4 is 5.32 Å². The quantitative estimate of drug-likeness (QED) is 0.451. The highest BCUT2D eigenvalue weighted by Crippen LogP contribution is 2.24. The first kappa shape index (κ1) is 19.1. The van der Waals surface area contributed by atoms with Crippen LogP contribution in [0.4, 0.5) is 0 Å². The van der Waals surface area contributed by atoms with E-state index >= 15 is 0 Å². The summed E-state index contributed by atoms with van der Waals surface area (Å²) in [6, 6.07) is 16.4. The fraction of sp³-hybridized carbons (Fsp3) is 0.100. The second-order valence-corrected chi connectivity index (χ2v) is 7.30. The average Bonchev–Trinajstić information content (AvgIpc) is 3.02. The lowest BCUT2D eigenvalue weighted by atomic mass is 10.1. The highest BCUT2D eigenvalue weighted by Gasteiger charge is 2.32. The van der Waals surface area contributed by atoms with E-state index in [0.29, 0.717) is 15.8 Å². The fourth-order valence-electron chi connectivity index (χ4n) is 2.35. The standard InChI is InChI=1S/C20H16ClN3O2S/c21-16-10-8-15(9-11-16)17(25)13-18-19(26)23-20(27-18)24-22-12-4-7-14-5-2-1-3-6-14/h1-12,18H,13H2,(H,23,24,26)/b7-4+,22-12-/t18-/m1/s1. The number of amides is 1. The number of allylic oxidation sites excluding steroid dienone is 1. The highest BCUT2D eigenvalue weighted by atomic mass is 35.5. The summed E-state index contributed by atoms with van der Waals surface area (Å²) in [5, 5.41) is 11.0. The molecule has 136 valence electrons. The van der Waals surface area contributed by atoms with Crippen LogP contribution in [0.3, 0.4) is 0 Å². The van der Waals surface area contributed by atoms with Crippen molar-refractivity contribution < 1.29 is 9.59 Å². The average molecular weight is 398 g/mol. The van der Waals surface area contributed by atoms with Gasteiger partial charge < -0.3 is 5.32 Å². The third-order valence-electron chi connectivity index (χ3n) is 3.70. The Hall–Kier alpha value is -2.70. The summed E-state index contributed by atoms with van der Waals surface area (Å²) in [5.74, 6) is -0.356. The van der Waals surface area contributed by atoms with Crippen molar-refractivity contribution >= 4 is 52.5 Å². The summed E-state index contributed by atoms with van der Waals surface area (Å²) in [7, 11) is 0. The highest BCUT2D eigenvalue weighted by molar-refractivity contribution is 8.15. The lowest BCUT2D eigenvalue weighted by Gasteiger charge is -2.04. The molecule has 1 amide bonds. The lowest BCUT2D eigenvalue weighted by Crippen LogP contribution is -2.26. The summed E-state index contributed by atoms with van der Waals surface area (Å²) in [6.45, 7) is 0. The predicted octanol–water partition coefficient (Wildman–Crippen LogP) is 4.20. The summed E-state index contributed by atoms with van der Waals surface area (Å²) in [5.41, 5.74) is 1.59. The van der Waals surface area contributed by atoms with E-state index in [4.69, 9.17) is 11.6 Å². The number of carbonyl (C=O) groups is 2. The zero-order valence-corrected chi connectivity index (χ0v) is 15.8. The second-order valence-electron chi connectivity index (χ2n) is 5.67. The Labute approximate surface area is 166 Å². The minimum Gasteiger partial charge on any atom is -0.303 e. The van der Waals surface area contributed by atoms with Gasteiger partial charge in [0.1, 0.15) is 0 Å². The van der Waals surface area contributed by atoms with Gasteiger partial charge in [0.2, 0.25) is 5.91 Å². The third-order valence-corrected chi connectivity index (χ3v) is 5.03. The molecule has 1 fully saturated rings. The van der Waals surface area contributed by atoms with Crippen LogP contribution in [0.1, 0.15) is 22.3 Å². The van der Waals surface area contributed by atoms with E-state index in [2.05, 4.69) is 15.5 Å². The van der Waals surface area contributed by atoms with Gasteiger partial charge in [-0.25, -0.2) is 0 Å². The van der Waals surface area contributed by atoms with Crippen LogP contribution in [0.25, 0.3) is 6.08 Å². The Balaban J connectivity index is 1.54. The molecule has 1 aliphatic rings. The maximum absolute atomic E-state index is 12.3. The number of hydrogen-bond acceptors (Lipinski definition) is 5. The first-order chi connectivity index (χ1) is 13.1. The first-order valence-electron chi connectivity index (χ1n) is 8.21. The Kier molecular flexibility index (Phi) is 6.57. The number of ketones is 1. The molecular weight excluding hydrogens is 382 g/mol. The van der Waals surface area contributed by atoms with Crippen LogP contribution in [-0.2, 0) is 4.79 Å². The van der Waals surface area contributed by atoms with E-state index in [1.54, 1.807) is 36.6 Å². The van der Waals surface area contributed by atoms with Crippen molar-refractivity contribution in [1.29, 1.82) is 0 Å². The van der Waals surface area contributed by atoms with Gasteiger partial charge in [0.05, 0.1) is 5.25 Å². The number of halogens is 1. The van der Waals surface area contributed by atoms with Crippen molar-refractivity contribution in [2.45, 2.75) is 11.7 Å². The minimum atomic E-state index is -0.512. The number of amidine groups is 1. The summed E-state index contributed by atoms with van der Waals surface area (Å²) in [4.78, 5) is 24.3. The van der Waals surface area contributed by atoms with Crippen molar-refractivity contribution in [3.8, 4) is 0 Å². The Morgan fingerprint density at radius 2 is 1.89 bits per heavy atom. The van der Waals surface area contributed by atoms with Gasteiger partial charge in [0.15, 0.2) is 11.0 Å². The number of nitrogens with zero attached hydrogens (tertiary/aromatic N) is 2. The number of benzene rings is 2. The van der Waals surface area contributed by atoms with Gasteiger partial charge in [-0.2, -0.15) is 5.10 Å².